The van der Waals surface area contributed by atoms with Crippen molar-refractivity contribution >= 4 is 5.84 Å². The van der Waals surface area contributed by atoms with Gasteiger partial charge in [0.15, 0.2) is 0 Å². The van der Waals surface area contributed by atoms with Gasteiger partial charge >= 0.3 is 0 Å². The van der Waals surface area contributed by atoms with Gasteiger partial charge in [-0.05, 0) is 12.0 Å². The first kappa shape index (κ1) is 11.8. The summed E-state index contributed by atoms with van der Waals surface area (Å²) in [5.41, 5.74) is 7.09. The van der Waals surface area contributed by atoms with Crippen LogP contribution in [0.5, 0.6) is 0 Å². The number of aliphatic imine (C=N–C) groups is 1. The molecule has 0 saturated heterocycles. The van der Waals surface area contributed by atoms with Gasteiger partial charge in [0.05, 0.1) is 5.84 Å². The molecule has 82 valence electrons. The average Bonchev–Trinajstić information content (AvgIpc) is 2.27. The zero-order valence-corrected chi connectivity index (χ0v) is 9.61. The lowest BCUT2D eigenvalue weighted by Crippen LogP contribution is -2.13. The normalized spacial score (nSPS) is 13.9. The zero-order valence-electron chi connectivity index (χ0n) is 9.61. The van der Waals surface area contributed by atoms with Crippen LogP contribution in [0.1, 0.15) is 38.2 Å². The van der Waals surface area contributed by atoms with E-state index in [9.17, 15) is 0 Å². The minimum atomic E-state index is 0.446. The van der Waals surface area contributed by atoms with Gasteiger partial charge in [0.2, 0.25) is 0 Å². The van der Waals surface area contributed by atoms with E-state index < -0.39 is 0 Å². The second-order valence-electron chi connectivity index (χ2n) is 3.89. The standard InChI is InChI=1S/C13H20N2/c1-3-7-13(14)15-10-11(2)12-8-5-4-6-9-12/h4-6,8-9,11H,3,7,10H2,1-2H3,(H2,14,15). The van der Waals surface area contributed by atoms with Crippen molar-refractivity contribution in [2.45, 2.75) is 32.6 Å². The molecule has 2 heteroatoms. The molecule has 2 N–H and O–H groups in total. The van der Waals surface area contributed by atoms with Crippen molar-refractivity contribution < 1.29 is 0 Å². The third kappa shape index (κ3) is 4.15. The summed E-state index contributed by atoms with van der Waals surface area (Å²) in [7, 11) is 0. The molecule has 0 spiro atoms. The van der Waals surface area contributed by atoms with Crippen LogP contribution in [-0.4, -0.2) is 12.4 Å². The van der Waals surface area contributed by atoms with Crippen LogP contribution in [0.2, 0.25) is 0 Å². The topological polar surface area (TPSA) is 38.4 Å². The summed E-state index contributed by atoms with van der Waals surface area (Å²) < 4.78 is 0. The van der Waals surface area contributed by atoms with Crippen LogP contribution in [-0.2, 0) is 0 Å². The molecule has 0 heterocycles. The molecule has 15 heavy (non-hydrogen) atoms. The molecule has 1 aromatic rings. The monoisotopic (exact) mass is 204 g/mol. The summed E-state index contributed by atoms with van der Waals surface area (Å²) in [6.45, 7) is 5.08. The van der Waals surface area contributed by atoms with Crippen molar-refractivity contribution in [1.82, 2.24) is 0 Å². The molecule has 0 fully saturated rings. The van der Waals surface area contributed by atoms with Crippen molar-refractivity contribution in [3.05, 3.63) is 35.9 Å². The van der Waals surface area contributed by atoms with Crippen molar-refractivity contribution in [2.24, 2.45) is 10.7 Å². The molecule has 2 nitrogen and oxygen atoms in total. The quantitative estimate of drug-likeness (QED) is 0.581. The maximum absolute atomic E-state index is 5.76. The number of hydrogen-bond acceptors (Lipinski definition) is 1. The fraction of sp³-hybridized carbons (Fsp3) is 0.462. The molecule has 1 atom stereocenters. The first-order chi connectivity index (χ1) is 7.24. The second kappa shape index (κ2) is 6.23. The summed E-state index contributed by atoms with van der Waals surface area (Å²) in [6.07, 6.45) is 1.97. The smallest absolute Gasteiger partial charge is 0.0937 e. The van der Waals surface area contributed by atoms with E-state index in [1.807, 2.05) is 6.07 Å². The Morgan fingerprint density at radius 1 is 1.33 bits per heavy atom. The summed E-state index contributed by atoms with van der Waals surface area (Å²) in [4.78, 5) is 4.38. The van der Waals surface area contributed by atoms with Gasteiger partial charge in [0.25, 0.3) is 0 Å². The predicted octanol–water partition coefficient (Wildman–Crippen LogP) is 2.95. The predicted molar refractivity (Wildman–Crippen MR) is 66.3 cm³/mol. The van der Waals surface area contributed by atoms with E-state index in [4.69, 9.17) is 5.73 Å². The van der Waals surface area contributed by atoms with Gasteiger partial charge in [-0.25, -0.2) is 0 Å². The summed E-state index contributed by atoms with van der Waals surface area (Å²) in [6, 6.07) is 10.4. The van der Waals surface area contributed by atoms with E-state index in [1.54, 1.807) is 0 Å². The molecule has 1 aromatic carbocycles. The Morgan fingerprint density at radius 3 is 2.60 bits per heavy atom. The SMILES string of the molecule is CCCC(N)=NCC(C)c1ccccc1. The molecule has 0 aliphatic heterocycles. The van der Waals surface area contributed by atoms with Crippen molar-refractivity contribution in [3.63, 3.8) is 0 Å². The van der Waals surface area contributed by atoms with Gasteiger partial charge in [0, 0.05) is 18.9 Å². The number of nitrogens with zero attached hydrogens (tertiary/aromatic N) is 1. The Bertz CT molecular complexity index is 304. The molecule has 0 amide bonds. The highest BCUT2D eigenvalue weighted by molar-refractivity contribution is 5.80. The van der Waals surface area contributed by atoms with Crippen LogP contribution in [0.15, 0.2) is 35.3 Å². The largest absolute Gasteiger partial charge is 0.387 e. The Morgan fingerprint density at radius 2 is 2.00 bits per heavy atom. The highest BCUT2D eigenvalue weighted by Gasteiger charge is 2.03. The van der Waals surface area contributed by atoms with Crippen LogP contribution < -0.4 is 5.73 Å². The van der Waals surface area contributed by atoms with Crippen molar-refractivity contribution in [3.8, 4) is 0 Å². The van der Waals surface area contributed by atoms with Crippen LogP contribution >= 0.6 is 0 Å². The lowest BCUT2D eigenvalue weighted by molar-refractivity contribution is 0.770. The second-order valence-corrected chi connectivity index (χ2v) is 3.89. The van der Waals surface area contributed by atoms with Crippen LogP contribution in [0.25, 0.3) is 0 Å². The third-order valence-electron chi connectivity index (χ3n) is 2.44. The summed E-state index contributed by atoms with van der Waals surface area (Å²) >= 11 is 0. The number of rotatable bonds is 5. The molecule has 0 bridgehead atoms. The summed E-state index contributed by atoms with van der Waals surface area (Å²) in [5, 5.41) is 0. The molecule has 0 aliphatic carbocycles. The Hall–Kier alpha value is -1.31. The highest BCUT2D eigenvalue weighted by atomic mass is 14.8. The van der Waals surface area contributed by atoms with Crippen molar-refractivity contribution in [1.29, 1.82) is 0 Å². The highest BCUT2D eigenvalue weighted by Crippen LogP contribution is 2.14. The fourth-order valence-corrected chi connectivity index (χ4v) is 1.48. The van der Waals surface area contributed by atoms with Crippen molar-refractivity contribution in [2.75, 3.05) is 6.54 Å². The molecule has 1 unspecified atom stereocenters. The van der Waals surface area contributed by atoms with Gasteiger partial charge < -0.3 is 5.73 Å². The summed E-state index contributed by atoms with van der Waals surface area (Å²) in [5.74, 6) is 1.22. The van der Waals surface area contributed by atoms with Gasteiger partial charge in [-0.1, -0.05) is 44.2 Å². The minimum absolute atomic E-state index is 0.446. The molecule has 0 aromatic heterocycles. The minimum Gasteiger partial charge on any atom is -0.387 e. The van der Waals surface area contributed by atoms with E-state index in [0.717, 1.165) is 25.2 Å². The maximum atomic E-state index is 5.76. The molecular formula is C13H20N2. The number of benzene rings is 1. The van der Waals surface area contributed by atoms with Gasteiger partial charge in [-0.15, -0.1) is 0 Å². The van der Waals surface area contributed by atoms with E-state index in [2.05, 4.69) is 43.1 Å². The van der Waals surface area contributed by atoms with E-state index in [1.165, 1.54) is 5.56 Å². The Balaban J connectivity index is 2.49. The third-order valence-corrected chi connectivity index (χ3v) is 2.44. The van der Waals surface area contributed by atoms with Crippen LogP contribution in [0.4, 0.5) is 0 Å². The van der Waals surface area contributed by atoms with Gasteiger partial charge in [-0.2, -0.15) is 0 Å². The van der Waals surface area contributed by atoms with E-state index in [0.29, 0.717) is 5.92 Å². The molecule has 1 rings (SSSR count). The maximum Gasteiger partial charge on any atom is 0.0937 e. The molecule has 0 saturated carbocycles. The molecular weight excluding hydrogens is 184 g/mol. The Labute approximate surface area is 92.2 Å². The van der Waals surface area contributed by atoms with E-state index in [-0.39, 0.29) is 0 Å². The molecule has 0 radical (unpaired) electrons. The first-order valence-electron chi connectivity index (χ1n) is 5.57. The zero-order chi connectivity index (χ0) is 11.1. The molecule has 0 aliphatic rings. The van der Waals surface area contributed by atoms with Crippen LogP contribution in [0.3, 0.4) is 0 Å². The van der Waals surface area contributed by atoms with E-state index >= 15 is 0 Å². The number of amidine groups is 1. The lowest BCUT2D eigenvalue weighted by atomic mass is 10.0. The average molecular weight is 204 g/mol. The van der Waals surface area contributed by atoms with Gasteiger partial charge in [0.1, 0.15) is 0 Å². The first-order valence-corrected chi connectivity index (χ1v) is 5.57. The fourth-order valence-electron chi connectivity index (χ4n) is 1.48. The number of hydrogen-bond donors (Lipinski definition) is 1. The van der Waals surface area contributed by atoms with Crippen LogP contribution in [0, 0.1) is 0 Å². The lowest BCUT2D eigenvalue weighted by Gasteiger charge is -2.09. The van der Waals surface area contributed by atoms with Gasteiger partial charge in [-0.3, -0.25) is 4.99 Å². The Kier molecular flexibility index (Phi) is 4.88. The number of nitrogens with two attached hydrogens (primary N) is 1.